The van der Waals surface area contributed by atoms with Gasteiger partial charge in [0, 0.05) is 17.3 Å². The van der Waals surface area contributed by atoms with Crippen LogP contribution in [0.2, 0.25) is 0 Å². The van der Waals surface area contributed by atoms with Gasteiger partial charge in [0.25, 0.3) is 0 Å². The Morgan fingerprint density at radius 2 is 2.05 bits per heavy atom. The molecule has 2 aromatic heterocycles. The normalized spacial score (nSPS) is 17.2. The van der Waals surface area contributed by atoms with Crippen LogP contribution in [0.5, 0.6) is 5.75 Å². The molecule has 0 saturated carbocycles. The molecule has 1 aliphatic rings. The van der Waals surface area contributed by atoms with E-state index in [1.54, 1.807) is 18.3 Å². The highest BCUT2D eigenvalue weighted by molar-refractivity contribution is 5.90. The topological polar surface area (TPSA) is 55.0 Å². The molecule has 2 heterocycles. The second-order valence-electron chi connectivity index (χ2n) is 5.60. The van der Waals surface area contributed by atoms with Gasteiger partial charge < -0.3 is 9.72 Å². The number of carbonyl (C=O) groups excluding carboxylic acids is 1. The van der Waals surface area contributed by atoms with Crippen molar-refractivity contribution >= 4 is 17.0 Å². The molecule has 4 nitrogen and oxygen atoms in total. The van der Waals surface area contributed by atoms with E-state index < -0.39 is 0 Å². The van der Waals surface area contributed by atoms with Crippen molar-refractivity contribution in [3.05, 3.63) is 59.9 Å². The van der Waals surface area contributed by atoms with Crippen molar-refractivity contribution in [1.82, 2.24) is 9.97 Å². The zero-order valence-electron chi connectivity index (χ0n) is 12.1. The molecule has 110 valence electrons. The second kappa shape index (κ2) is 5.30. The van der Waals surface area contributed by atoms with E-state index in [2.05, 4.69) is 9.97 Å². The Bertz CT molecular complexity index is 823. The summed E-state index contributed by atoms with van der Waals surface area (Å²) in [6.07, 6.45) is 4.53. The summed E-state index contributed by atoms with van der Waals surface area (Å²) in [6.45, 7) is 0. The minimum atomic E-state index is -0.220. The third kappa shape index (κ3) is 2.17. The average molecular weight is 292 g/mol. The van der Waals surface area contributed by atoms with Gasteiger partial charge in [0.15, 0.2) is 0 Å². The predicted octanol–water partition coefficient (Wildman–Crippen LogP) is 3.59. The number of H-pyrrole nitrogens is 1. The number of ether oxygens (including phenoxy) is 1. The first-order chi connectivity index (χ1) is 10.8. The van der Waals surface area contributed by atoms with Crippen molar-refractivity contribution in [2.24, 2.45) is 0 Å². The quantitative estimate of drug-likeness (QED) is 0.580. The van der Waals surface area contributed by atoms with Gasteiger partial charge in [-0.15, -0.1) is 0 Å². The summed E-state index contributed by atoms with van der Waals surface area (Å²) in [4.78, 5) is 20.3. The maximum Gasteiger partial charge on any atom is 0.318 e. The molecule has 0 spiro atoms. The van der Waals surface area contributed by atoms with Crippen LogP contribution < -0.4 is 4.74 Å². The van der Waals surface area contributed by atoms with Gasteiger partial charge in [0.1, 0.15) is 11.4 Å². The Morgan fingerprint density at radius 3 is 2.91 bits per heavy atom. The first-order valence-electron chi connectivity index (χ1n) is 7.55. The number of fused-ring (bicyclic) bond motifs is 3. The van der Waals surface area contributed by atoms with Gasteiger partial charge in [-0.1, -0.05) is 18.2 Å². The van der Waals surface area contributed by atoms with Gasteiger partial charge in [-0.25, -0.2) is 4.98 Å². The maximum absolute atomic E-state index is 12.6. The summed E-state index contributed by atoms with van der Waals surface area (Å²) in [6, 6.07) is 13.2. The van der Waals surface area contributed by atoms with Crippen LogP contribution in [-0.2, 0) is 11.2 Å². The number of hydrogen-bond donors (Lipinski definition) is 1. The third-order valence-corrected chi connectivity index (χ3v) is 4.21. The van der Waals surface area contributed by atoms with Crippen molar-refractivity contribution in [3.63, 3.8) is 0 Å². The highest BCUT2D eigenvalue weighted by Crippen LogP contribution is 2.37. The third-order valence-electron chi connectivity index (χ3n) is 4.21. The summed E-state index contributed by atoms with van der Waals surface area (Å²) in [7, 11) is 0. The Morgan fingerprint density at radius 1 is 1.18 bits per heavy atom. The van der Waals surface area contributed by atoms with E-state index in [1.165, 1.54) is 0 Å². The standard InChI is InChI=1S/C18H16N2O2/c21-18(22-12-6-2-1-3-7-12)14-8-4-10-15-16(14)13-9-5-11-19-17(13)20-15/h1-3,5-7,9,11,14H,4,8,10H2,(H,19,20). The molecule has 3 aromatic rings. The van der Waals surface area contributed by atoms with Gasteiger partial charge >= 0.3 is 5.97 Å². The van der Waals surface area contributed by atoms with Gasteiger partial charge in [-0.2, -0.15) is 0 Å². The number of rotatable bonds is 2. The van der Waals surface area contributed by atoms with Crippen LogP contribution in [0.25, 0.3) is 11.0 Å². The number of aromatic nitrogens is 2. The lowest BCUT2D eigenvalue weighted by Gasteiger charge is -2.21. The SMILES string of the molecule is O=C(Oc1ccccc1)C1CCCc2[nH]c3ncccc3c21. The molecule has 0 fully saturated rings. The van der Waals surface area contributed by atoms with Crippen molar-refractivity contribution in [2.45, 2.75) is 25.2 Å². The predicted molar refractivity (Wildman–Crippen MR) is 83.8 cm³/mol. The summed E-state index contributed by atoms with van der Waals surface area (Å²) in [5, 5.41) is 1.03. The molecule has 1 aromatic carbocycles. The van der Waals surface area contributed by atoms with Crippen LogP contribution >= 0.6 is 0 Å². The Balaban J connectivity index is 1.71. The number of carbonyl (C=O) groups is 1. The van der Waals surface area contributed by atoms with E-state index >= 15 is 0 Å². The fourth-order valence-electron chi connectivity index (χ4n) is 3.23. The number of nitrogens with one attached hydrogen (secondary N) is 1. The second-order valence-corrected chi connectivity index (χ2v) is 5.60. The van der Waals surface area contributed by atoms with Gasteiger partial charge in [0.2, 0.25) is 0 Å². The molecule has 1 aliphatic carbocycles. The lowest BCUT2D eigenvalue weighted by molar-refractivity contribution is -0.136. The van der Waals surface area contributed by atoms with Crippen LogP contribution in [0.4, 0.5) is 0 Å². The largest absolute Gasteiger partial charge is 0.426 e. The van der Waals surface area contributed by atoms with E-state index in [-0.39, 0.29) is 11.9 Å². The van der Waals surface area contributed by atoms with Crippen LogP contribution in [0.15, 0.2) is 48.7 Å². The molecule has 0 bridgehead atoms. The Hall–Kier alpha value is -2.62. The first kappa shape index (κ1) is 13.1. The van der Waals surface area contributed by atoms with Crippen LogP contribution in [0.3, 0.4) is 0 Å². The van der Waals surface area contributed by atoms with Gasteiger partial charge in [-0.3, -0.25) is 4.79 Å². The summed E-state index contributed by atoms with van der Waals surface area (Å²) < 4.78 is 5.56. The average Bonchev–Trinajstić information content (AvgIpc) is 2.94. The molecular formula is C18H16N2O2. The van der Waals surface area contributed by atoms with Gasteiger partial charge in [-0.05, 0) is 49.1 Å². The highest BCUT2D eigenvalue weighted by Gasteiger charge is 2.31. The maximum atomic E-state index is 12.6. The number of benzene rings is 1. The van der Waals surface area contributed by atoms with E-state index in [9.17, 15) is 4.79 Å². The van der Waals surface area contributed by atoms with E-state index in [1.807, 2.05) is 30.3 Å². The molecule has 1 atom stereocenters. The van der Waals surface area contributed by atoms with Crippen LogP contribution in [-0.4, -0.2) is 15.9 Å². The molecule has 1 N–H and O–H groups in total. The van der Waals surface area contributed by atoms with Crippen molar-refractivity contribution in [3.8, 4) is 5.75 Å². The van der Waals surface area contributed by atoms with Crippen molar-refractivity contribution in [2.75, 3.05) is 0 Å². The fraction of sp³-hybridized carbons (Fsp3) is 0.222. The molecule has 0 amide bonds. The minimum absolute atomic E-state index is 0.183. The zero-order chi connectivity index (χ0) is 14.9. The molecular weight excluding hydrogens is 276 g/mol. The van der Waals surface area contributed by atoms with Crippen molar-refractivity contribution in [1.29, 1.82) is 0 Å². The highest BCUT2D eigenvalue weighted by atomic mass is 16.5. The molecule has 4 heteroatoms. The number of aromatic amines is 1. The molecule has 1 unspecified atom stereocenters. The lowest BCUT2D eigenvalue weighted by atomic mass is 9.85. The number of hydrogen-bond acceptors (Lipinski definition) is 3. The summed E-state index contributed by atoms with van der Waals surface area (Å²) in [5.74, 6) is 0.191. The molecule has 0 radical (unpaired) electrons. The van der Waals surface area contributed by atoms with E-state index in [0.29, 0.717) is 5.75 Å². The zero-order valence-corrected chi connectivity index (χ0v) is 12.1. The monoisotopic (exact) mass is 292 g/mol. The number of pyridine rings is 1. The molecule has 0 aliphatic heterocycles. The minimum Gasteiger partial charge on any atom is -0.426 e. The van der Waals surface area contributed by atoms with Gasteiger partial charge in [0.05, 0.1) is 5.92 Å². The summed E-state index contributed by atoms with van der Waals surface area (Å²) in [5.41, 5.74) is 3.04. The Kier molecular flexibility index (Phi) is 3.15. The smallest absolute Gasteiger partial charge is 0.318 e. The number of aryl methyl sites for hydroxylation is 1. The molecule has 4 rings (SSSR count). The first-order valence-corrected chi connectivity index (χ1v) is 7.55. The van der Waals surface area contributed by atoms with E-state index in [0.717, 1.165) is 41.6 Å². The van der Waals surface area contributed by atoms with E-state index in [4.69, 9.17) is 4.74 Å². The van der Waals surface area contributed by atoms with Crippen LogP contribution in [0.1, 0.15) is 30.0 Å². The Labute approximate surface area is 128 Å². The van der Waals surface area contributed by atoms with Crippen LogP contribution in [0, 0.1) is 0 Å². The number of para-hydroxylation sites is 1. The number of esters is 1. The van der Waals surface area contributed by atoms with Crippen molar-refractivity contribution < 1.29 is 9.53 Å². The fourth-order valence-corrected chi connectivity index (χ4v) is 3.23. The molecule has 0 saturated heterocycles. The summed E-state index contributed by atoms with van der Waals surface area (Å²) >= 11 is 0. The lowest BCUT2D eigenvalue weighted by Crippen LogP contribution is -2.22. The number of nitrogens with zero attached hydrogens (tertiary/aromatic N) is 1. The molecule has 22 heavy (non-hydrogen) atoms.